The van der Waals surface area contributed by atoms with Crippen LogP contribution in [-0.2, 0) is 16.1 Å². The average molecular weight is 474 g/mol. The third-order valence-corrected chi connectivity index (χ3v) is 6.93. The number of nitrogens with zero attached hydrogens (tertiary/aromatic N) is 1. The monoisotopic (exact) mass is 473 g/mol. The molecule has 1 saturated carbocycles. The maximum absolute atomic E-state index is 13.4. The van der Waals surface area contributed by atoms with E-state index in [0.717, 1.165) is 53.1 Å². The lowest BCUT2D eigenvalue weighted by atomic mass is 9.96. The van der Waals surface area contributed by atoms with Gasteiger partial charge in [0.1, 0.15) is 6.04 Å². The zero-order chi connectivity index (χ0) is 25.1. The molecular weight excluding hydrogens is 442 g/mol. The van der Waals surface area contributed by atoms with Gasteiger partial charge in [0, 0.05) is 12.5 Å². The van der Waals surface area contributed by atoms with E-state index >= 15 is 0 Å². The summed E-state index contributed by atoms with van der Waals surface area (Å²) in [5.41, 5.74) is 3.05. The standard InChI is InChI=1S/C29H31NO5/c1-18(2)26(29(34)35)30(27(31)21-5-3-4-6-21)17-19-7-8-25-16-24(14-13-23(25)15-19)20-9-11-22(12-10-20)28(32)33/h7-16,18,21,26H,3-6,17H2,1-2H3,(H,32,33)(H,34,35). The van der Waals surface area contributed by atoms with E-state index in [1.54, 1.807) is 29.2 Å². The highest BCUT2D eigenvalue weighted by Crippen LogP contribution is 2.30. The predicted octanol–water partition coefficient (Wildman–Crippen LogP) is 5.83. The second-order valence-electron chi connectivity index (χ2n) is 9.75. The molecule has 1 aliphatic rings. The maximum atomic E-state index is 13.4. The molecule has 35 heavy (non-hydrogen) atoms. The lowest BCUT2D eigenvalue weighted by Crippen LogP contribution is -2.49. The molecule has 0 heterocycles. The Balaban J connectivity index is 1.62. The van der Waals surface area contributed by atoms with Gasteiger partial charge >= 0.3 is 11.9 Å². The number of aliphatic carboxylic acids is 1. The molecule has 6 nitrogen and oxygen atoms in total. The highest BCUT2D eigenvalue weighted by Gasteiger charge is 2.36. The molecule has 1 fully saturated rings. The van der Waals surface area contributed by atoms with E-state index in [9.17, 15) is 19.5 Å². The number of carboxylic acid groups (broad SMARTS) is 2. The summed E-state index contributed by atoms with van der Waals surface area (Å²) in [6, 6.07) is 17.9. The lowest BCUT2D eigenvalue weighted by molar-refractivity contribution is -0.154. The van der Waals surface area contributed by atoms with E-state index in [2.05, 4.69) is 0 Å². The van der Waals surface area contributed by atoms with Gasteiger partial charge in [-0.05, 0) is 70.5 Å². The highest BCUT2D eigenvalue weighted by atomic mass is 16.4. The van der Waals surface area contributed by atoms with E-state index in [4.69, 9.17) is 5.11 Å². The number of carbonyl (C=O) groups excluding carboxylic acids is 1. The zero-order valence-electron chi connectivity index (χ0n) is 20.1. The van der Waals surface area contributed by atoms with Crippen molar-refractivity contribution < 1.29 is 24.6 Å². The van der Waals surface area contributed by atoms with Crippen LogP contribution >= 0.6 is 0 Å². The molecule has 0 radical (unpaired) electrons. The quantitative estimate of drug-likeness (QED) is 0.429. The summed E-state index contributed by atoms with van der Waals surface area (Å²) in [5.74, 6) is -2.26. The molecule has 0 aliphatic heterocycles. The third-order valence-electron chi connectivity index (χ3n) is 6.93. The van der Waals surface area contributed by atoms with Crippen molar-refractivity contribution in [2.75, 3.05) is 0 Å². The van der Waals surface area contributed by atoms with Gasteiger partial charge in [-0.1, -0.05) is 63.1 Å². The second kappa shape index (κ2) is 10.3. The minimum atomic E-state index is -0.967. The van der Waals surface area contributed by atoms with Crippen LogP contribution in [-0.4, -0.2) is 39.0 Å². The number of rotatable bonds is 8. The zero-order valence-corrected chi connectivity index (χ0v) is 20.1. The Kier molecular flexibility index (Phi) is 7.20. The van der Waals surface area contributed by atoms with Gasteiger partial charge < -0.3 is 15.1 Å². The van der Waals surface area contributed by atoms with Gasteiger partial charge in [0.15, 0.2) is 0 Å². The number of carboxylic acids is 2. The first-order chi connectivity index (χ1) is 16.7. The molecule has 6 heteroatoms. The Bertz CT molecular complexity index is 1240. The molecule has 3 aromatic rings. The van der Waals surface area contributed by atoms with Crippen LogP contribution in [0.5, 0.6) is 0 Å². The summed E-state index contributed by atoms with van der Waals surface area (Å²) in [7, 11) is 0. The smallest absolute Gasteiger partial charge is 0.335 e. The fourth-order valence-corrected chi connectivity index (χ4v) is 5.07. The molecule has 3 aromatic carbocycles. The number of benzene rings is 3. The summed E-state index contributed by atoms with van der Waals surface area (Å²) in [5, 5.41) is 21.0. The molecule has 1 atom stereocenters. The summed E-state index contributed by atoms with van der Waals surface area (Å²) < 4.78 is 0. The van der Waals surface area contributed by atoms with Crippen LogP contribution in [0.15, 0.2) is 60.7 Å². The summed E-state index contributed by atoms with van der Waals surface area (Å²) in [4.78, 5) is 38.1. The van der Waals surface area contributed by atoms with Gasteiger partial charge in [-0.2, -0.15) is 0 Å². The van der Waals surface area contributed by atoms with Crippen LogP contribution in [0.1, 0.15) is 55.5 Å². The van der Waals surface area contributed by atoms with E-state index < -0.39 is 18.0 Å². The molecule has 4 rings (SSSR count). The van der Waals surface area contributed by atoms with Crippen LogP contribution in [0.25, 0.3) is 21.9 Å². The molecule has 182 valence electrons. The fourth-order valence-electron chi connectivity index (χ4n) is 5.07. The SMILES string of the molecule is CC(C)C(C(=O)O)N(Cc1ccc2cc(-c3ccc(C(=O)O)cc3)ccc2c1)C(=O)C1CCCC1. The Morgan fingerprint density at radius 3 is 2.06 bits per heavy atom. The molecule has 1 unspecified atom stereocenters. The number of fused-ring (bicyclic) bond motifs is 1. The number of aromatic carboxylic acids is 1. The Hall–Kier alpha value is -3.67. The predicted molar refractivity (Wildman–Crippen MR) is 135 cm³/mol. The van der Waals surface area contributed by atoms with Crippen molar-refractivity contribution in [3.05, 3.63) is 71.8 Å². The summed E-state index contributed by atoms with van der Waals surface area (Å²) in [6.45, 7) is 3.95. The van der Waals surface area contributed by atoms with Crippen molar-refractivity contribution in [1.82, 2.24) is 4.90 Å². The van der Waals surface area contributed by atoms with Crippen molar-refractivity contribution in [3.8, 4) is 11.1 Å². The maximum Gasteiger partial charge on any atom is 0.335 e. The molecule has 0 spiro atoms. The van der Waals surface area contributed by atoms with Crippen molar-refractivity contribution in [2.45, 2.75) is 52.1 Å². The van der Waals surface area contributed by atoms with Crippen molar-refractivity contribution >= 4 is 28.6 Å². The first kappa shape index (κ1) is 24.5. The van der Waals surface area contributed by atoms with Gasteiger partial charge in [-0.15, -0.1) is 0 Å². The van der Waals surface area contributed by atoms with Crippen LogP contribution in [0, 0.1) is 11.8 Å². The van der Waals surface area contributed by atoms with E-state index in [0.29, 0.717) is 0 Å². The number of hydrogen-bond acceptors (Lipinski definition) is 3. The minimum Gasteiger partial charge on any atom is -0.480 e. The summed E-state index contributed by atoms with van der Waals surface area (Å²) >= 11 is 0. The first-order valence-corrected chi connectivity index (χ1v) is 12.1. The van der Waals surface area contributed by atoms with Crippen LogP contribution in [0.3, 0.4) is 0 Å². The fraction of sp³-hybridized carbons (Fsp3) is 0.345. The molecule has 0 aromatic heterocycles. The van der Waals surface area contributed by atoms with Crippen molar-refractivity contribution in [1.29, 1.82) is 0 Å². The molecule has 0 bridgehead atoms. The topological polar surface area (TPSA) is 94.9 Å². The Labute approximate surface area is 205 Å². The highest BCUT2D eigenvalue weighted by molar-refractivity contribution is 5.90. The third kappa shape index (κ3) is 5.37. The lowest BCUT2D eigenvalue weighted by Gasteiger charge is -2.33. The largest absolute Gasteiger partial charge is 0.480 e. The Morgan fingerprint density at radius 2 is 1.46 bits per heavy atom. The number of hydrogen-bond donors (Lipinski definition) is 2. The molecule has 0 saturated heterocycles. The minimum absolute atomic E-state index is 0.0520. The van der Waals surface area contributed by atoms with E-state index in [1.165, 1.54) is 0 Å². The first-order valence-electron chi connectivity index (χ1n) is 12.1. The van der Waals surface area contributed by atoms with Gasteiger partial charge in [0.05, 0.1) is 5.56 Å². The Morgan fingerprint density at radius 1 is 0.857 bits per heavy atom. The molecule has 1 aliphatic carbocycles. The normalized spacial score (nSPS) is 14.8. The van der Waals surface area contributed by atoms with Crippen molar-refractivity contribution in [3.63, 3.8) is 0 Å². The van der Waals surface area contributed by atoms with Crippen LogP contribution in [0.2, 0.25) is 0 Å². The van der Waals surface area contributed by atoms with Crippen LogP contribution < -0.4 is 0 Å². The summed E-state index contributed by atoms with van der Waals surface area (Å²) in [6.07, 6.45) is 3.68. The number of carbonyl (C=O) groups is 3. The number of amides is 1. The van der Waals surface area contributed by atoms with Gasteiger partial charge in [0.25, 0.3) is 0 Å². The molecule has 2 N–H and O–H groups in total. The van der Waals surface area contributed by atoms with Gasteiger partial charge in [-0.25, -0.2) is 9.59 Å². The van der Waals surface area contributed by atoms with E-state index in [-0.39, 0.29) is 29.9 Å². The average Bonchev–Trinajstić information content (AvgIpc) is 3.37. The van der Waals surface area contributed by atoms with Crippen LogP contribution in [0.4, 0.5) is 0 Å². The van der Waals surface area contributed by atoms with Gasteiger partial charge in [-0.3, -0.25) is 4.79 Å². The van der Waals surface area contributed by atoms with Crippen molar-refractivity contribution in [2.24, 2.45) is 11.8 Å². The second-order valence-corrected chi connectivity index (χ2v) is 9.75. The van der Waals surface area contributed by atoms with Gasteiger partial charge in [0.2, 0.25) is 5.91 Å². The molecule has 1 amide bonds. The van der Waals surface area contributed by atoms with E-state index in [1.807, 2.05) is 50.2 Å². The molecular formula is C29H31NO5.